The number of rotatable bonds is 1. The fourth-order valence-electron chi connectivity index (χ4n) is 2.96. The first-order valence-electron chi connectivity index (χ1n) is 4.88. The third-order valence-corrected chi connectivity index (χ3v) is 3.10. The van der Waals surface area contributed by atoms with Crippen LogP contribution in [0.1, 0.15) is 41.0 Å². The molecule has 1 heteroatoms. The van der Waals surface area contributed by atoms with E-state index in [0.717, 1.165) is 12.0 Å². The molecule has 1 fully saturated rings. The monoisotopic (exact) mass is 180 g/mol. The van der Waals surface area contributed by atoms with Crippen molar-refractivity contribution in [3.63, 3.8) is 0 Å². The van der Waals surface area contributed by atoms with Crippen LogP contribution in [0.15, 0.2) is 12.2 Å². The number of allylic oxidation sites excluding steroid dienone is 1. The van der Waals surface area contributed by atoms with Crippen molar-refractivity contribution >= 4 is 5.78 Å². The summed E-state index contributed by atoms with van der Waals surface area (Å²) in [6.45, 7) is 14.3. The molecule has 0 aromatic rings. The maximum atomic E-state index is 12.0. The second kappa shape index (κ2) is 2.70. The van der Waals surface area contributed by atoms with Crippen LogP contribution in [0.2, 0.25) is 0 Å². The summed E-state index contributed by atoms with van der Waals surface area (Å²) in [5.41, 5.74) is 0.945. The summed E-state index contributed by atoms with van der Waals surface area (Å²) in [7, 11) is 0. The Morgan fingerprint density at radius 3 is 2.00 bits per heavy atom. The molecule has 1 rings (SSSR count). The van der Waals surface area contributed by atoms with Crippen molar-refractivity contribution in [3.05, 3.63) is 12.2 Å². The first kappa shape index (κ1) is 10.5. The van der Waals surface area contributed by atoms with Gasteiger partial charge in [-0.1, -0.05) is 39.8 Å². The molecular formula is C12H20O. The first-order chi connectivity index (χ1) is 5.68. The Labute approximate surface area is 81.2 Å². The van der Waals surface area contributed by atoms with Crippen molar-refractivity contribution in [2.75, 3.05) is 0 Å². The molecule has 0 spiro atoms. The topological polar surface area (TPSA) is 17.1 Å². The predicted molar refractivity (Wildman–Crippen MR) is 55.5 cm³/mol. The largest absolute Gasteiger partial charge is 0.298 e. The Morgan fingerprint density at radius 2 is 1.85 bits per heavy atom. The molecule has 1 nitrogen and oxygen atoms in total. The van der Waals surface area contributed by atoms with Crippen LogP contribution >= 0.6 is 0 Å². The van der Waals surface area contributed by atoms with Crippen molar-refractivity contribution < 1.29 is 4.79 Å². The normalized spacial score (nSPS) is 30.5. The van der Waals surface area contributed by atoms with Crippen molar-refractivity contribution in [1.82, 2.24) is 0 Å². The van der Waals surface area contributed by atoms with E-state index in [4.69, 9.17) is 0 Å². The lowest BCUT2D eigenvalue weighted by molar-refractivity contribution is -0.127. The number of carbonyl (C=O) groups is 1. The SMILES string of the molecule is C=C(C)C1C(=O)C(C)(C)CC1(C)C. The summed E-state index contributed by atoms with van der Waals surface area (Å²) >= 11 is 0. The third-order valence-electron chi connectivity index (χ3n) is 3.10. The van der Waals surface area contributed by atoms with Crippen LogP contribution in [0.25, 0.3) is 0 Å². The molecule has 0 aromatic heterocycles. The number of Topliss-reactive ketones (excluding diaryl/α,β-unsaturated/α-hetero) is 1. The minimum absolute atomic E-state index is 0.0579. The van der Waals surface area contributed by atoms with Gasteiger partial charge in [0.25, 0.3) is 0 Å². The average molecular weight is 180 g/mol. The van der Waals surface area contributed by atoms with E-state index in [2.05, 4.69) is 20.4 Å². The lowest BCUT2D eigenvalue weighted by Crippen LogP contribution is -2.25. The van der Waals surface area contributed by atoms with E-state index < -0.39 is 0 Å². The van der Waals surface area contributed by atoms with Crippen LogP contribution in [0.4, 0.5) is 0 Å². The summed E-state index contributed by atoms with van der Waals surface area (Å²) in [5, 5.41) is 0. The van der Waals surface area contributed by atoms with Gasteiger partial charge < -0.3 is 0 Å². The Balaban J connectivity index is 3.09. The molecule has 0 heterocycles. The molecule has 1 aliphatic carbocycles. The smallest absolute Gasteiger partial charge is 0.146 e. The maximum absolute atomic E-state index is 12.0. The van der Waals surface area contributed by atoms with Gasteiger partial charge in [-0.15, -0.1) is 0 Å². The molecule has 1 aliphatic rings. The molecule has 0 radical (unpaired) electrons. The zero-order valence-corrected chi connectivity index (χ0v) is 9.40. The van der Waals surface area contributed by atoms with E-state index in [0.29, 0.717) is 5.78 Å². The van der Waals surface area contributed by atoms with Gasteiger partial charge in [-0.3, -0.25) is 4.79 Å². The lowest BCUT2D eigenvalue weighted by atomic mass is 9.78. The highest BCUT2D eigenvalue weighted by atomic mass is 16.1. The van der Waals surface area contributed by atoms with Crippen LogP contribution in [0, 0.1) is 16.7 Å². The second-order valence-electron chi connectivity index (χ2n) is 5.69. The summed E-state index contributed by atoms with van der Waals surface area (Å²) < 4.78 is 0. The van der Waals surface area contributed by atoms with Crippen molar-refractivity contribution in [2.45, 2.75) is 41.0 Å². The highest BCUT2D eigenvalue weighted by Crippen LogP contribution is 2.52. The minimum Gasteiger partial charge on any atom is -0.298 e. The summed E-state index contributed by atoms with van der Waals surface area (Å²) in [5.74, 6) is 0.424. The zero-order valence-electron chi connectivity index (χ0n) is 9.40. The Hall–Kier alpha value is -0.590. The van der Waals surface area contributed by atoms with E-state index in [9.17, 15) is 4.79 Å². The average Bonchev–Trinajstić information content (AvgIpc) is 1.96. The second-order valence-corrected chi connectivity index (χ2v) is 5.69. The standard InChI is InChI=1S/C12H20O/c1-8(2)9-10(13)12(5,6)7-11(9,3)4/h9H,1,7H2,2-6H3. The van der Waals surface area contributed by atoms with Gasteiger partial charge in [0, 0.05) is 11.3 Å². The molecule has 1 saturated carbocycles. The fraction of sp³-hybridized carbons (Fsp3) is 0.750. The molecular weight excluding hydrogens is 160 g/mol. The van der Waals surface area contributed by atoms with Gasteiger partial charge in [0.1, 0.15) is 5.78 Å². The van der Waals surface area contributed by atoms with Gasteiger partial charge in [-0.2, -0.15) is 0 Å². The Kier molecular flexibility index (Phi) is 2.18. The van der Waals surface area contributed by atoms with Gasteiger partial charge in [0.05, 0.1) is 0 Å². The van der Waals surface area contributed by atoms with E-state index in [1.54, 1.807) is 0 Å². The zero-order chi connectivity index (χ0) is 10.4. The molecule has 13 heavy (non-hydrogen) atoms. The van der Waals surface area contributed by atoms with Gasteiger partial charge >= 0.3 is 0 Å². The summed E-state index contributed by atoms with van der Waals surface area (Å²) in [4.78, 5) is 12.0. The molecule has 1 unspecified atom stereocenters. The van der Waals surface area contributed by atoms with Crippen molar-refractivity contribution in [1.29, 1.82) is 0 Å². The molecule has 0 saturated heterocycles. The fourth-order valence-corrected chi connectivity index (χ4v) is 2.96. The quantitative estimate of drug-likeness (QED) is 0.566. The number of carbonyl (C=O) groups excluding carboxylic acids is 1. The van der Waals surface area contributed by atoms with Crippen LogP contribution in [-0.2, 0) is 4.79 Å². The molecule has 74 valence electrons. The van der Waals surface area contributed by atoms with Crippen LogP contribution in [-0.4, -0.2) is 5.78 Å². The predicted octanol–water partition coefficient (Wildman–Crippen LogP) is 3.20. The lowest BCUT2D eigenvalue weighted by Gasteiger charge is -2.25. The van der Waals surface area contributed by atoms with Crippen LogP contribution < -0.4 is 0 Å². The van der Waals surface area contributed by atoms with Gasteiger partial charge in [0.15, 0.2) is 0 Å². The number of ketones is 1. The summed E-state index contributed by atoms with van der Waals surface area (Å²) in [6, 6.07) is 0. The van der Waals surface area contributed by atoms with E-state index in [1.807, 2.05) is 20.8 Å². The van der Waals surface area contributed by atoms with Crippen molar-refractivity contribution in [3.8, 4) is 0 Å². The first-order valence-corrected chi connectivity index (χ1v) is 4.88. The Bertz CT molecular complexity index is 258. The number of hydrogen-bond donors (Lipinski definition) is 0. The Morgan fingerprint density at radius 1 is 1.38 bits per heavy atom. The van der Waals surface area contributed by atoms with E-state index >= 15 is 0 Å². The molecule has 0 amide bonds. The molecule has 0 bridgehead atoms. The number of hydrogen-bond acceptors (Lipinski definition) is 1. The van der Waals surface area contributed by atoms with Gasteiger partial charge in [0.2, 0.25) is 0 Å². The molecule has 0 aliphatic heterocycles. The highest BCUT2D eigenvalue weighted by Gasteiger charge is 2.51. The minimum atomic E-state index is -0.160. The summed E-state index contributed by atoms with van der Waals surface area (Å²) in [6.07, 6.45) is 0.969. The third kappa shape index (κ3) is 1.56. The van der Waals surface area contributed by atoms with Crippen LogP contribution in [0.5, 0.6) is 0 Å². The van der Waals surface area contributed by atoms with Gasteiger partial charge in [-0.25, -0.2) is 0 Å². The van der Waals surface area contributed by atoms with Crippen molar-refractivity contribution in [2.24, 2.45) is 16.7 Å². The maximum Gasteiger partial charge on any atom is 0.146 e. The highest BCUT2D eigenvalue weighted by molar-refractivity contribution is 5.91. The van der Waals surface area contributed by atoms with E-state index in [1.165, 1.54) is 0 Å². The molecule has 0 N–H and O–H groups in total. The molecule has 0 aromatic carbocycles. The molecule has 1 atom stereocenters. The van der Waals surface area contributed by atoms with E-state index in [-0.39, 0.29) is 16.7 Å². The van der Waals surface area contributed by atoms with Crippen LogP contribution in [0.3, 0.4) is 0 Å². The van der Waals surface area contributed by atoms with Gasteiger partial charge in [-0.05, 0) is 18.8 Å².